The van der Waals surface area contributed by atoms with Crippen LogP contribution >= 0.6 is 11.3 Å². The number of rotatable bonds is 4. The van der Waals surface area contributed by atoms with Gasteiger partial charge in [-0.2, -0.15) is 0 Å². The third kappa shape index (κ3) is 5.04. The number of nitrogens with zero attached hydrogens (tertiary/aromatic N) is 1. The molecule has 2 rings (SSSR count). The van der Waals surface area contributed by atoms with E-state index >= 15 is 0 Å². The minimum atomic E-state index is -0.779. The van der Waals surface area contributed by atoms with E-state index in [0.717, 1.165) is 0 Å². The highest BCUT2D eigenvalue weighted by molar-refractivity contribution is 7.10. The lowest BCUT2D eigenvalue weighted by Gasteiger charge is -2.09. The van der Waals surface area contributed by atoms with E-state index < -0.39 is 17.9 Å². The van der Waals surface area contributed by atoms with Crippen molar-refractivity contribution in [3.05, 3.63) is 52.0 Å². The molecule has 0 aliphatic rings. The van der Waals surface area contributed by atoms with E-state index in [4.69, 9.17) is 0 Å². The minimum Gasteiger partial charge on any atom is -0.344 e. The Balaban J connectivity index is 1.85. The van der Waals surface area contributed by atoms with Crippen molar-refractivity contribution in [3.63, 3.8) is 0 Å². The van der Waals surface area contributed by atoms with E-state index in [-0.39, 0.29) is 6.54 Å². The third-order valence-electron chi connectivity index (χ3n) is 3.00. The number of aldehydes is 1. The van der Waals surface area contributed by atoms with Crippen molar-refractivity contribution < 1.29 is 14.4 Å². The van der Waals surface area contributed by atoms with Crippen LogP contribution in [0.3, 0.4) is 0 Å². The van der Waals surface area contributed by atoms with Crippen molar-refractivity contribution in [2.75, 3.05) is 0 Å². The molecule has 0 saturated heterocycles. The molecular formula is C17H15N3O3S. The molecule has 6 nitrogen and oxygen atoms in total. The molecule has 0 radical (unpaired) electrons. The van der Waals surface area contributed by atoms with Crippen molar-refractivity contribution in [2.45, 2.75) is 19.5 Å². The van der Waals surface area contributed by atoms with Gasteiger partial charge in [0, 0.05) is 23.7 Å². The van der Waals surface area contributed by atoms with Crippen LogP contribution in [-0.2, 0) is 16.1 Å². The fraction of sp³-hybridized carbons (Fsp3) is 0.176. The molecule has 0 spiro atoms. The van der Waals surface area contributed by atoms with Gasteiger partial charge in [0.2, 0.25) is 0 Å². The van der Waals surface area contributed by atoms with Gasteiger partial charge in [-0.15, -0.1) is 11.3 Å². The molecule has 0 saturated carbocycles. The van der Waals surface area contributed by atoms with Gasteiger partial charge >= 0.3 is 11.8 Å². The van der Waals surface area contributed by atoms with Gasteiger partial charge in [-0.1, -0.05) is 30.2 Å². The zero-order valence-electron chi connectivity index (χ0n) is 12.9. The van der Waals surface area contributed by atoms with E-state index in [1.165, 1.54) is 11.3 Å². The second-order valence-corrected chi connectivity index (χ2v) is 5.70. The van der Waals surface area contributed by atoms with Gasteiger partial charge in [0.05, 0.1) is 6.04 Å². The van der Waals surface area contributed by atoms with Gasteiger partial charge in [-0.05, 0) is 18.4 Å². The average Bonchev–Trinajstić information content (AvgIpc) is 3.11. The molecule has 0 bridgehead atoms. The van der Waals surface area contributed by atoms with Crippen molar-refractivity contribution in [3.8, 4) is 11.8 Å². The minimum absolute atomic E-state index is 0.0976. The lowest BCUT2D eigenvalue weighted by Crippen LogP contribution is -2.43. The van der Waals surface area contributed by atoms with Crippen molar-refractivity contribution in [1.29, 1.82) is 0 Å². The quantitative estimate of drug-likeness (QED) is 0.496. The second kappa shape index (κ2) is 8.60. The summed E-state index contributed by atoms with van der Waals surface area (Å²) in [5, 5.41) is 7.42. The van der Waals surface area contributed by atoms with Crippen LogP contribution in [0.1, 0.15) is 27.9 Å². The fourth-order valence-electron chi connectivity index (χ4n) is 1.82. The normalized spacial score (nSPS) is 10.9. The molecule has 1 aromatic carbocycles. The van der Waals surface area contributed by atoms with Crippen LogP contribution in [0.2, 0.25) is 0 Å². The lowest BCUT2D eigenvalue weighted by molar-refractivity contribution is -0.139. The van der Waals surface area contributed by atoms with Gasteiger partial charge < -0.3 is 10.6 Å². The Hall–Kier alpha value is -2.98. The maximum atomic E-state index is 11.8. The first kappa shape index (κ1) is 17.4. The summed E-state index contributed by atoms with van der Waals surface area (Å²) in [7, 11) is 0. The topological polar surface area (TPSA) is 88.2 Å². The van der Waals surface area contributed by atoms with Crippen LogP contribution in [0.15, 0.2) is 35.8 Å². The summed E-state index contributed by atoms with van der Waals surface area (Å²) in [6, 6.07) is 6.35. The molecule has 1 unspecified atom stereocenters. The summed E-state index contributed by atoms with van der Waals surface area (Å²) in [5.41, 5.74) is 1.12. The van der Waals surface area contributed by atoms with Gasteiger partial charge in [0.1, 0.15) is 6.29 Å². The Morgan fingerprint density at radius 1 is 1.33 bits per heavy atom. The van der Waals surface area contributed by atoms with E-state index in [0.29, 0.717) is 22.4 Å². The van der Waals surface area contributed by atoms with Gasteiger partial charge in [0.25, 0.3) is 0 Å². The summed E-state index contributed by atoms with van der Waals surface area (Å²) in [5.74, 6) is 4.06. The average molecular weight is 341 g/mol. The molecule has 0 aliphatic carbocycles. The molecule has 2 N–H and O–H groups in total. The van der Waals surface area contributed by atoms with Gasteiger partial charge in [0.15, 0.2) is 5.01 Å². The molecule has 0 fully saturated rings. The molecule has 2 amide bonds. The number of benzene rings is 1. The molecule has 1 atom stereocenters. The lowest BCUT2D eigenvalue weighted by atomic mass is 10.1. The van der Waals surface area contributed by atoms with Crippen LogP contribution in [0.25, 0.3) is 0 Å². The van der Waals surface area contributed by atoms with Crippen LogP contribution in [0, 0.1) is 11.8 Å². The van der Waals surface area contributed by atoms with Crippen LogP contribution in [0.5, 0.6) is 0 Å². The van der Waals surface area contributed by atoms with E-state index in [1.54, 1.807) is 42.8 Å². The Labute approximate surface area is 143 Å². The third-order valence-corrected chi connectivity index (χ3v) is 3.69. The molecule has 1 heterocycles. The summed E-state index contributed by atoms with van der Waals surface area (Å²) in [6.45, 7) is 1.77. The van der Waals surface area contributed by atoms with Crippen molar-refractivity contribution >= 4 is 29.4 Å². The van der Waals surface area contributed by atoms with E-state index in [1.807, 2.05) is 0 Å². The SMILES string of the molecule is CC(C#Cc1nccs1)NC(=O)C(=O)NCc1ccccc1C=O. The van der Waals surface area contributed by atoms with Crippen LogP contribution in [-0.4, -0.2) is 29.1 Å². The molecule has 0 aliphatic heterocycles. The van der Waals surface area contributed by atoms with Gasteiger partial charge in [-0.3, -0.25) is 14.4 Å². The molecule has 24 heavy (non-hydrogen) atoms. The number of carbonyl (C=O) groups is 3. The summed E-state index contributed by atoms with van der Waals surface area (Å²) in [6.07, 6.45) is 2.35. The maximum absolute atomic E-state index is 11.8. The first-order valence-corrected chi connectivity index (χ1v) is 8.01. The number of nitrogens with one attached hydrogen (secondary N) is 2. The predicted octanol–water partition coefficient (Wildman–Crippen LogP) is 1.13. The fourth-order valence-corrected chi connectivity index (χ4v) is 2.31. The molecule has 7 heteroatoms. The monoisotopic (exact) mass is 341 g/mol. The zero-order chi connectivity index (χ0) is 17.4. The van der Waals surface area contributed by atoms with Crippen molar-refractivity contribution in [1.82, 2.24) is 15.6 Å². The number of hydrogen-bond donors (Lipinski definition) is 2. The summed E-state index contributed by atoms with van der Waals surface area (Å²) < 4.78 is 0. The first-order valence-electron chi connectivity index (χ1n) is 7.13. The zero-order valence-corrected chi connectivity index (χ0v) is 13.7. The molecule has 2 aromatic rings. The Kier molecular flexibility index (Phi) is 6.23. The summed E-state index contributed by atoms with van der Waals surface area (Å²) in [4.78, 5) is 38.5. The van der Waals surface area contributed by atoms with Crippen LogP contribution in [0.4, 0.5) is 0 Å². The van der Waals surface area contributed by atoms with Gasteiger partial charge in [-0.25, -0.2) is 4.98 Å². The number of amides is 2. The highest BCUT2D eigenvalue weighted by Crippen LogP contribution is 2.05. The number of thiazole rings is 1. The highest BCUT2D eigenvalue weighted by Gasteiger charge is 2.15. The largest absolute Gasteiger partial charge is 0.344 e. The molecule has 1 aromatic heterocycles. The Morgan fingerprint density at radius 3 is 2.83 bits per heavy atom. The number of aromatic nitrogens is 1. The maximum Gasteiger partial charge on any atom is 0.310 e. The van der Waals surface area contributed by atoms with E-state index in [9.17, 15) is 14.4 Å². The number of hydrogen-bond acceptors (Lipinski definition) is 5. The highest BCUT2D eigenvalue weighted by atomic mass is 32.1. The predicted molar refractivity (Wildman–Crippen MR) is 90.3 cm³/mol. The Morgan fingerprint density at radius 2 is 2.12 bits per heavy atom. The smallest absolute Gasteiger partial charge is 0.310 e. The Bertz CT molecular complexity index is 791. The first-order chi connectivity index (χ1) is 11.6. The molecule has 122 valence electrons. The molecular weight excluding hydrogens is 326 g/mol. The second-order valence-electron chi connectivity index (χ2n) is 4.80. The number of carbonyl (C=O) groups excluding carboxylic acids is 3. The van der Waals surface area contributed by atoms with E-state index in [2.05, 4.69) is 27.5 Å². The van der Waals surface area contributed by atoms with Crippen LogP contribution < -0.4 is 10.6 Å². The van der Waals surface area contributed by atoms with Crippen molar-refractivity contribution in [2.24, 2.45) is 0 Å². The standard InChI is InChI=1S/C17H15N3O3S/c1-12(6-7-15-18-8-9-24-15)20-17(23)16(22)19-10-13-4-2-3-5-14(13)11-21/h2-5,8-9,11-12H,10H2,1H3,(H,19,22)(H,20,23). The summed E-state index contributed by atoms with van der Waals surface area (Å²) >= 11 is 1.39.